The second-order valence-electron chi connectivity index (χ2n) is 7.51. The molecule has 0 saturated carbocycles. The van der Waals surface area contributed by atoms with Crippen LogP contribution in [0.1, 0.15) is 27.2 Å². The maximum absolute atomic E-state index is 13.1. The number of nitrogens with zero attached hydrogens (tertiary/aromatic N) is 1. The van der Waals surface area contributed by atoms with Crippen molar-refractivity contribution in [2.24, 2.45) is 0 Å². The zero-order valence-electron chi connectivity index (χ0n) is 17.5. The summed E-state index contributed by atoms with van der Waals surface area (Å²) in [4.78, 5) is 50.1. The van der Waals surface area contributed by atoms with Gasteiger partial charge in [-0.2, -0.15) is 0 Å². The van der Waals surface area contributed by atoms with E-state index in [0.717, 1.165) is 16.0 Å². The Morgan fingerprint density at radius 2 is 1.73 bits per heavy atom. The molecule has 3 aromatic rings. The topological polar surface area (TPSA) is 117 Å². The summed E-state index contributed by atoms with van der Waals surface area (Å²) in [5.41, 5.74) is 2.13. The lowest BCUT2D eigenvalue weighted by atomic mass is 10.1. The van der Waals surface area contributed by atoms with Gasteiger partial charge in [-0.05, 0) is 73.5 Å². The van der Waals surface area contributed by atoms with Crippen LogP contribution in [0.4, 0.5) is 10.5 Å². The summed E-state index contributed by atoms with van der Waals surface area (Å²) in [7, 11) is 0. The van der Waals surface area contributed by atoms with Crippen molar-refractivity contribution < 1.29 is 28.7 Å². The van der Waals surface area contributed by atoms with Gasteiger partial charge in [0.2, 0.25) is 0 Å². The number of nitrogens with one attached hydrogen (secondary N) is 1. The molecule has 33 heavy (non-hydrogen) atoms. The minimum atomic E-state index is -1.18. The number of rotatable bonds is 4. The molecule has 1 aliphatic heterocycles. The Labute approximate surface area is 193 Å². The van der Waals surface area contributed by atoms with Crippen LogP contribution in [0.2, 0.25) is 5.02 Å². The second-order valence-corrected chi connectivity index (χ2v) is 7.91. The van der Waals surface area contributed by atoms with E-state index in [9.17, 15) is 24.3 Å². The molecule has 8 nitrogen and oxygen atoms in total. The van der Waals surface area contributed by atoms with Crippen molar-refractivity contribution in [3.8, 4) is 11.3 Å². The van der Waals surface area contributed by atoms with Crippen LogP contribution in [0.15, 0.2) is 58.5 Å². The summed E-state index contributed by atoms with van der Waals surface area (Å²) in [6.45, 7) is 3.67. The van der Waals surface area contributed by atoms with Gasteiger partial charge >= 0.3 is 12.0 Å². The number of carboxylic acid groups (broad SMARTS) is 1. The smallest absolute Gasteiger partial charge is 0.337 e. The minimum Gasteiger partial charge on any atom is -0.478 e. The van der Waals surface area contributed by atoms with Crippen molar-refractivity contribution in [1.82, 2.24) is 5.32 Å². The number of barbiturate groups is 1. The second kappa shape index (κ2) is 8.40. The molecular formula is C24H17ClN2O6. The summed E-state index contributed by atoms with van der Waals surface area (Å²) in [5.74, 6) is -2.33. The van der Waals surface area contributed by atoms with Crippen LogP contribution in [-0.4, -0.2) is 28.9 Å². The molecule has 2 heterocycles. The van der Waals surface area contributed by atoms with Crippen LogP contribution in [0.5, 0.6) is 0 Å². The van der Waals surface area contributed by atoms with Gasteiger partial charge in [0, 0.05) is 5.56 Å². The van der Waals surface area contributed by atoms with Crippen LogP contribution in [0.25, 0.3) is 17.4 Å². The Bertz CT molecular complexity index is 1350. The van der Waals surface area contributed by atoms with E-state index >= 15 is 0 Å². The highest BCUT2D eigenvalue weighted by molar-refractivity contribution is 6.39. The van der Waals surface area contributed by atoms with Gasteiger partial charge in [-0.15, -0.1) is 0 Å². The Morgan fingerprint density at radius 1 is 1.03 bits per heavy atom. The maximum atomic E-state index is 13.1. The molecule has 166 valence electrons. The number of furan rings is 1. The summed E-state index contributed by atoms with van der Waals surface area (Å²) >= 11 is 5.91. The lowest BCUT2D eigenvalue weighted by molar-refractivity contribution is -0.122. The first-order valence-corrected chi connectivity index (χ1v) is 10.1. The fourth-order valence-corrected chi connectivity index (χ4v) is 3.74. The van der Waals surface area contributed by atoms with E-state index in [-0.39, 0.29) is 21.9 Å². The van der Waals surface area contributed by atoms with Crippen molar-refractivity contribution >= 4 is 47.2 Å². The number of aromatic carboxylic acids is 1. The van der Waals surface area contributed by atoms with Gasteiger partial charge in [0.25, 0.3) is 11.8 Å². The summed E-state index contributed by atoms with van der Waals surface area (Å²) in [6.07, 6.45) is 1.23. The predicted octanol–water partition coefficient (Wildman–Crippen LogP) is 4.58. The van der Waals surface area contributed by atoms with Crippen molar-refractivity contribution in [3.63, 3.8) is 0 Å². The Morgan fingerprint density at radius 3 is 2.39 bits per heavy atom. The summed E-state index contributed by atoms with van der Waals surface area (Å²) < 4.78 is 5.70. The number of hydrogen-bond donors (Lipinski definition) is 2. The van der Waals surface area contributed by atoms with Crippen molar-refractivity contribution in [1.29, 1.82) is 0 Å². The lowest BCUT2D eigenvalue weighted by Gasteiger charge is -2.26. The number of carbonyl (C=O) groups excluding carboxylic acids is 3. The molecule has 4 amide bonds. The molecule has 9 heteroatoms. The molecule has 0 spiro atoms. The first-order chi connectivity index (χ1) is 15.6. The third-order valence-corrected chi connectivity index (χ3v) is 5.29. The van der Waals surface area contributed by atoms with Gasteiger partial charge in [0.1, 0.15) is 17.1 Å². The quantitative estimate of drug-likeness (QED) is 0.431. The molecule has 1 aromatic heterocycles. The van der Waals surface area contributed by atoms with Crippen LogP contribution in [-0.2, 0) is 9.59 Å². The van der Waals surface area contributed by atoms with Crippen molar-refractivity contribution in [3.05, 3.63) is 81.6 Å². The number of amides is 4. The Hall–Kier alpha value is -4.17. The van der Waals surface area contributed by atoms with Gasteiger partial charge in [-0.1, -0.05) is 17.7 Å². The molecule has 1 saturated heterocycles. The van der Waals surface area contributed by atoms with E-state index in [4.69, 9.17) is 16.0 Å². The first-order valence-electron chi connectivity index (χ1n) is 9.77. The average molecular weight is 465 g/mol. The molecule has 0 bridgehead atoms. The summed E-state index contributed by atoms with van der Waals surface area (Å²) in [6, 6.07) is 11.9. The Balaban J connectivity index is 1.69. The van der Waals surface area contributed by atoms with Crippen LogP contribution in [0, 0.1) is 13.8 Å². The highest BCUT2D eigenvalue weighted by Gasteiger charge is 2.37. The van der Waals surface area contributed by atoms with Gasteiger partial charge in [0.05, 0.1) is 16.3 Å². The predicted molar refractivity (Wildman–Crippen MR) is 121 cm³/mol. The fraction of sp³-hybridized carbons (Fsp3) is 0.0833. The highest BCUT2D eigenvalue weighted by atomic mass is 35.5. The average Bonchev–Trinajstić information content (AvgIpc) is 3.19. The van der Waals surface area contributed by atoms with E-state index in [1.807, 2.05) is 19.9 Å². The molecule has 2 aromatic carbocycles. The third-order valence-electron chi connectivity index (χ3n) is 4.96. The third kappa shape index (κ3) is 4.28. The number of carbonyl (C=O) groups is 4. The van der Waals surface area contributed by atoms with Gasteiger partial charge in [0.15, 0.2) is 0 Å². The monoisotopic (exact) mass is 464 g/mol. The number of halogens is 1. The number of urea groups is 1. The molecular weight excluding hydrogens is 448 g/mol. The molecule has 0 aliphatic carbocycles. The molecule has 2 N–H and O–H groups in total. The zero-order valence-corrected chi connectivity index (χ0v) is 18.3. The van der Waals surface area contributed by atoms with Crippen molar-refractivity contribution in [2.75, 3.05) is 4.90 Å². The van der Waals surface area contributed by atoms with Gasteiger partial charge in [-0.25, -0.2) is 14.5 Å². The van der Waals surface area contributed by atoms with E-state index in [1.165, 1.54) is 24.3 Å². The number of aryl methyl sites for hydroxylation is 2. The number of anilines is 1. The van der Waals surface area contributed by atoms with E-state index < -0.39 is 23.8 Å². The largest absolute Gasteiger partial charge is 0.478 e. The minimum absolute atomic E-state index is 0.0840. The van der Waals surface area contributed by atoms with E-state index in [1.54, 1.807) is 24.3 Å². The highest BCUT2D eigenvalue weighted by Crippen LogP contribution is 2.29. The lowest BCUT2D eigenvalue weighted by Crippen LogP contribution is -2.54. The molecule has 4 rings (SSSR count). The number of imide groups is 2. The molecule has 1 aliphatic rings. The molecule has 0 radical (unpaired) electrons. The van der Waals surface area contributed by atoms with Crippen molar-refractivity contribution in [2.45, 2.75) is 13.8 Å². The number of benzene rings is 2. The van der Waals surface area contributed by atoms with Gasteiger partial charge in [-0.3, -0.25) is 14.9 Å². The Kier molecular flexibility index (Phi) is 5.61. The van der Waals surface area contributed by atoms with Gasteiger partial charge < -0.3 is 9.52 Å². The van der Waals surface area contributed by atoms with Crippen LogP contribution >= 0.6 is 11.6 Å². The number of hydrogen-bond acceptors (Lipinski definition) is 5. The summed E-state index contributed by atoms with van der Waals surface area (Å²) in [5, 5.41) is 11.5. The number of carboxylic acids is 1. The molecule has 0 atom stereocenters. The van der Waals surface area contributed by atoms with Crippen LogP contribution < -0.4 is 10.2 Å². The maximum Gasteiger partial charge on any atom is 0.337 e. The fourth-order valence-electron chi connectivity index (χ4n) is 3.54. The molecule has 0 unspecified atom stereocenters. The van der Waals surface area contributed by atoms with Crippen LogP contribution in [0.3, 0.4) is 0 Å². The zero-order chi connectivity index (χ0) is 23.9. The normalized spacial score (nSPS) is 15.2. The van der Waals surface area contributed by atoms with E-state index in [0.29, 0.717) is 17.0 Å². The SMILES string of the molecule is Cc1cc(C)cc(N2C(=O)NC(=O)/C(=C\c3ccc(-c4ccc(Cl)c(C(=O)O)c4)o3)C2=O)c1. The van der Waals surface area contributed by atoms with E-state index in [2.05, 4.69) is 5.32 Å². The molecule has 1 fully saturated rings. The first kappa shape index (κ1) is 22.0. The standard InChI is InChI=1S/C24H17ClN2O6/c1-12-7-13(2)9-15(8-12)27-22(29)18(21(28)26-24(27)32)11-16-4-6-20(33-16)14-3-5-19(25)17(10-14)23(30)31/h3-11H,1-2H3,(H,30,31)(H,26,28,32)/b18-11+.